The lowest BCUT2D eigenvalue weighted by molar-refractivity contribution is -0.118. The zero-order chi connectivity index (χ0) is 19.6. The molecule has 0 saturated carbocycles. The van der Waals surface area contributed by atoms with Crippen molar-refractivity contribution in [2.75, 3.05) is 24.7 Å². The number of thioether (sulfide) groups is 1. The Bertz CT molecular complexity index is 964. The number of nitrogens with one attached hydrogen (secondary N) is 1. The molecule has 1 amide bonds. The highest BCUT2D eigenvalue weighted by atomic mass is 32.2. The molecule has 142 valence electrons. The summed E-state index contributed by atoms with van der Waals surface area (Å²) in [7, 11) is 4.02. The van der Waals surface area contributed by atoms with Gasteiger partial charge in [-0.1, -0.05) is 23.9 Å². The van der Waals surface area contributed by atoms with Gasteiger partial charge in [-0.2, -0.15) is 0 Å². The molecule has 0 aliphatic rings. The van der Waals surface area contributed by atoms with E-state index in [9.17, 15) is 4.79 Å². The van der Waals surface area contributed by atoms with Gasteiger partial charge in [-0.15, -0.1) is 11.3 Å². The van der Waals surface area contributed by atoms with Crippen LogP contribution in [0.4, 0.5) is 5.69 Å². The Morgan fingerprint density at radius 1 is 1.15 bits per heavy atom. The highest BCUT2D eigenvalue weighted by molar-refractivity contribution is 8.00. The Kier molecular flexibility index (Phi) is 6.01. The van der Waals surface area contributed by atoms with E-state index in [1.165, 1.54) is 22.2 Å². The first-order chi connectivity index (χ1) is 12.8. The number of carbonyl (C=O) groups excluding carboxylic acids is 1. The van der Waals surface area contributed by atoms with E-state index in [-0.39, 0.29) is 5.91 Å². The molecular weight excluding hydrogens is 376 g/mol. The number of fused-ring (bicyclic) bond motifs is 1. The molecule has 0 saturated heterocycles. The minimum Gasteiger partial charge on any atom is -0.378 e. The summed E-state index contributed by atoms with van der Waals surface area (Å²) >= 11 is 3.16. The molecular formula is C20H24N4OS2. The molecule has 3 rings (SSSR count). The number of hydrogen-bond acceptors (Lipinski definition) is 6. The first kappa shape index (κ1) is 19.6. The quantitative estimate of drug-likeness (QED) is 0.499. The van der Waals surface area contributed by atoms with Gasteiger partial charge in [0.2, 0.25) is 5.91 Å². The van der Waals surface area contributed by atoms with Gasteiger partial charge in [-0.25, -0.2) is 9.97 Å². The smallest absolute Gasteiger partial charge is 0.230 e. The van der Waals surface area contributed by atoms with Gasteiger partial charge < -0.3 is 10.2 Å². The fraction of sp³-hybridized carbons (Fsp3) is 0.350. The maximum atomic E-state index is 12.3. The van der Waals surface area contributed by atoms with E-state index < -0.39 is 0 Å². The van der Waals surface area contributed by atoms with Crippen LogP contribution in [-0.2, 0) is 11.3 Å². The topological polar surface area (TPSA) is 58.1 Å². The monoisotopic (exact) mass is 400 g/mol. The van der Waals surface area contributed by atoms with Crippen LogP contribution < -0.4 is 10.2 Å². The van der Waals surface area contributed by atoms with Crippen molar-refractivity contribution in [2.45, 2.75) is 32.3 Å². The van der Waals surface area contributed by atoms with Crippen LogP contribution >= 0.6 is 23.1 Å². The van der Waals surface area contributed by atoms with Crippen molar-refractivity contribution in [3.8, 4) is 0 Å². The average molecular weight is 401 g/mol. The Morgan fingerprint density at radius 2 is 1.85 bits per heavy atom. The summed E-state index contributed by atoms with van der Waals surface area (Å²) in [6, 6.07) is 8.19. The standard InChI is InChI=1S/C20H24N4OS2/c1-12-13(2)27-20-18(12)19(22-14(3)23-20)26-11-17(25)21-10-15-6-8-16(9-7-15)24(4)5/h6-9H,10-11H2,1-5H3,(H,21,25). The summed E-state index contributed by atoms with van der Waals surface area (Å²) in [5, 5.41) is 4.96. The second-order valence-corrected chi connectivity index (χ2v) is 8.83. The average Bonchev–Trinajstić information content (AvgIpc) is 2.92. The van der Waals surface area contributed by atoms with Gasteiger partial charge in [0.1, 0.15) is 15.7 Å². The minimum atomic E-state index is 0.00528. The molecule has 2 aromatic heterocycles. The molecule has 0 aliphatic carbocycles. The number of aromatic nitrogens is 2. The van der Waals surface area contributed by atoms with Crippen molar-refractivity contribution < 1.29 is 4.79 Å². The van der Waals surface area contributed by atoms with Crippen molar-refractivity contribution in [2.24, 2.45) is 0 Å². The Morgan fingerprint density at radius 3 is 2.52 bits per heavy atom. The number of aryl methyl sites for hydroxylation is 3. The van der Waals surface area contributed by atoms with Gasteiger partial charge in [0, 0.05) is 36.6 Å². The largest absolute Gasteiger partial charge is 0.378 e. The summed E-state index contributed by atoms with van der Waals surface area (Å²) in [5.74, 6) is 1.09. The molecule has 7 heteroatoms. The number of thiophene rings is 1. The summed E-state index contributed by atoms with van der Waals surface area (Å²) < 4.78 is 0. The second kappa shape index (κ2) is 8.27. The van der Waals surface area contributed by atoms with Crippen LogP contribution in [0.25, 0.3) is 10.2 Å². The van der Waals surface area contributed by atoms with E-state index >= 15 is 0 Å². The van der Waals surface area contributed by atoms with Gasteiger partial charge in [-0.05, 0) is 44.0 Å². The van der Waals surface area contributed by atoms with Gasteiger partial charge >= 0.3 is 0 Å². The fourth-order valence-electron chi connectivity index (χ4n) is 2.72. The Labute approximate surface area is 168 Å². The molecule has 5 nitrogen and oxygen atoms in total. The molecule has 0 fully saturated rings. The number of carbonyl (C=O) groups is 1. The van der Waals surface area contributed by atoms with E-state index in [0.29, 0.717) is 12.3 Å². The van der Waals surface area contributed by atoms with Crippen molar-refractivity contribution in [3.63, 3.8) is 0 Å². The predicted octanol–water partition coefficient (Wildman–Crippen LogP) is 4.09. The summed E-state index contributed by atoms with van der Waals surface area (Å²) in [6.07, 6.45) is 0. The van der Waals surface area contributed by atoms with Crippen molar-refractivity contribution in [1.29, 1.82) is 0 Å². The molecule has 27 heavy (non-hydrogen) atoms. The maximum Gasteiger partial charge on any atom is 0.230 e. The van der Waals surface area contributed by atoms with Crippen LogP contribution in [0.3, 0.4) is 0 Å². The third kappa shape index (κ3) is 4.59. The van der Waals surface area contributed by atoms with Crippen molar-refractivity contribution in [1.82, 2.24) is 15.3 Å². The van der Waals surface area contributed by atoms with E-state index in [0.717, 1.165) is 32.3 Å². The van der Waals surface area contributed by atoms with E-state index in [1.807, 2.05) is 33.2 Å². The third-order valence-corrected chi connectivity index (χ3v) is 6.47. The fourth-order valence-corrected chi connectivity index (χ4v) is 4.82. The van der Waals surface area contributed by atoms with Crippen LogP contribution in [0, 0.1) is 20.8 Å². The summed E-state index contributed by atoms with van der Waals surface area (Å²) in [6.45, 7) is 6.61. The number of nitrogens with zero attached hydrogens (tertiary/aromatic N) is 3. The van der Waals surface area contributed by atoms with Gasteiger partial charge in [0.15, 0.2) is 0 Å². The van der Waals surface area contributed by atoms with E-state index in [1.54, 1.807) is 11.3 Å². The highest BCUT2D eigenvalue weighted by Crippen LogP contribution is 2.34. The molecule has 2 heterocycles. The SMILES string of the molecule is Cc1nc(SCC(=O)NCc2ccc(N(C)C)cc2)c2c(C)c(C)sc2n1. The van der Waals surface area contributed by atoms with Gasteiger partial charge in [0.05, 0.1) is 5.75 Å². The van der Waals surface area contributed by atoms with Crippen LogP contribution in [-0.4, -0.2) is 35.7 Å². The zero-order valence-corrected chi connectivity index (χ0v) is 17.9. The molecule has 1 aromatic carbocycles. The first-order valence-corrected chi connectivity index (χ1v) is 10.6. The molecule has 0 atom stereocenters. The number of benzene rings is 1. The Balaban J connectivity index is 1.62. The molecule has 1 N–H and O–H groups in total. The second-order valence-electron chi connectivity index (χ2n) is 6.67. The first-order valence-electron chi connectivity index (χ1n) is 8.75. The third-order valence-electron chi connectivity index (χ3n) is 4.39. The Hall–Kier alpha value is -2.12. The predicted molar refractivity (Wildman–Crippen MR) is 115 cm³/mol. The maximum absolute atomic E-state index is 12.3. The molecule has 0 aliphatic heterocycles. The van der Waals surface area contributed by atoms with E-state index in [4.69, 9.17) is 0 Å². The number of anilines is 1. The highest BCUT2D eigenvalue weighted by Gasteiger charge is 2.15. The molecule has 0 bridgehead atoms. The molecule has 0 unspecified atom stereocenters. The lowest BCUT2D eigenvalue weighted by Crippen LogP contribution is -2.24. The van der Waals surface area contributed by atoms with Gasteiger partial charge in [-0.3, -0.25) is 4.79 Å². The van der Waals surface area contributed by atoms with Crippen LogP contribution in [0.2, 0.25) is 0 Å². The summed E-state index contributed by atoms with van der Waals surface area (Å²) in [5.41, 5.74) is 3.44. The number of amides is 1. The zero-order valence-electron chi connectivity index (χ0n) is 16.3. The van der Waals surface area contributed by atoms with Crippen LogP contribution in [0.15, 0.2) is 29.3 Å². The lowest BCUT2D eigenvalue weighted by atomic mass is 10.2. The molecule has 0 radical (unpaired) electrons. The lowest BCUT2D eigenvalue weighted by Gasteiger charge is -2.13. The normalized spacial score (nSPS) is 11.0. The summed E-state index contributed by atoms with van der Waals surface area (Å²) in [4.78, 5) is 25.7. The molecule has 0 spiro atoms. The minimum absolute atomic E-state index is 0.00528. The molecule has 3 aromatic rings. The van der Waals surface area contributed by atoms with Crippen molar-refractivity contribution >= 4 is 44.9 Å². The number of hydrogen-bond donors (Lipinski definition) is 1. The number of rotatable bonds is 6. The van der Waals surface area contributed by atoms with Gasteiger partial charge in [0.25, 0.3) is 0 Å². The van der Waals surface area contributed by atoms with Crippen LogP contribution in [0.5, 0.6) is 0 Å². The van der Waals surface area contributed by atoms with E-state index in [2.05, 4.69) is 46.2 Å². The van der Waals surface area contributed by atoms with Crippen molar-refractivity contribution in [3.05, 3.63) is 46.1 Å². The van der Waals surface area contributed by atoms with Crippen LogP contribution in [0.1, 0.15) is 21.8 Å².